The summed E-state index contributed by atoms with van der Waals surface area (Å²) in [5.41, 5.74) is 0.422. The van der Waals surface area contributed by atoms with Crippen LogP contribution in [0.4, 0.5) is 5.95 Å². The Balaban J connectivity index is 1.87. The Kier molecular flexibility index (Phi) is 2.97. The molecule has 3 rings (SSSR count). The first-order chi connectivity index (χ1) is 8.79. The number of anilines is 1. The number of fused-ring (bicyclic) bond motifs is 3. The van der Waals surface area contributed by atoms with Crippen LogP contribution >= 0.6 is 0 Å². The minimum Gasteiger partial charge on any atom is -0.461 e. The number of carbonyl (C=O) groups excluding carboxylic acids is 1. The third-order valence-corrected chi connectivity index (χ3v) is 3.97. The van der Waals surface area contributed by atoms with Gasteiger partial charge >= 0.3 is 5.97 Å². The van der Waals surface area contributed by atoms with Gasteiger partial charge in [-0.25, -0.2) is 9.78 Å². The van der Waals surface area contributed by atoms with E-state index in [1.165, 1.54) is 25.7 Å². The quantitative estimate of drug-likeness (QED) is 0.816. The van der Waals surface area contributed by atoms with Gasteiger partial charge < -0.3 is 14.6 Å². The largest absolute Gasteiger partial charge is 0.461 e. The van der Waals surface area contributed by atoms with Crippen LogP contribution < -0.4 is 5.32 Å². The number of hydrogen-bond donors (Lipinski definition) is 1. The first kappa shape index (κ1) is 11.6. The molecule has 1 aliphatic carbocycles. The zero-order valence-corrected chi connectivity index (χ0v) is 10.7. The lowest BCUT2D eigenvalue weighted by atomic mass is 9.83. The van der Waals surface area contributed by atoms with Crippen molar-refractivity contribution in [3.8, 4) is 0 Å². The van der Waals surface area contributed by atoms with Crippen LogP contribution in [0, 0.1) is 5.92 Å². The first-order valence-corrected chi connectivity index (χ1v) is 6.79. The third-order valence-electron chi connectivity index (χ3n) is 3.97. The zero-order chi connectivity index (χ0) is 12.5. The lowest BCUT2D eigenvalue weighted by Gasteiger charge is -2.37. The predicted octanol–water partition coefficient (Wildman–Crippen LogP) is 2.22. The summed E-state index contributed by atoms with van der Waals surface area (Å²) in [5, 5.41) is 3.32. The maximum absolute atomic E-state index is 11.7. The van der Waals surface area contributed by atoms with Gasteiger partial charge in [0.2, 0.25) is 5.95 Å². The van der Waals surface area contributed by atoms with E-state index in [0.29, 0.717) is 24.3 Å². The van der Waals surface area contributed by atoms with Gasteiger partial charge in [0, 0.05) is 18.8 Å². The van der Waals surface area contributed by atoms with Crippen LogP contribution in [-0.4, -0.2) is 28.7 Å². The van der Waals surface area contributed by atoms with Crippen LogP contribution in [0.15, 0.2) is 6.20 Å². The monoisotopic (exact) mass is 249 g/mol. The van der Waals surface area contributed by atoms with Gasteiger partial charge in [0.15, 0.2) is 5.69 Å². The summed E-state index contributed by atoms with van der Waals surface area (Å²) in [6, 6.07) is 0.505. The molecule has 0 amide bonds. The van der Waals surface area contributed by atoms with Crippen molar-refractivity contribution in [2.75, 3.05) is 18.5 Å². The Morgan fingerprint density at radius 1 is 1.56 bits per heavy atom. The predicted molar refractivity (Wildman–Crippen MR) is 67.7 cm³/mol. The second kappa shape index (κ2) is 4.63. The zero-order valence-electron chi connectivity index (χ0n) is 10.7. The fraction of sp³-hybridized carbons (Fsp3) is 0.692. The Hall–Kier alpha value is -1.52. The van der Waals surface area contributed by atoms with Crippen molar-refractivity contribution < 1.29 is 9.53 Å². The smallest absolute Gasteiger partial charge is 0.358 e. The molecule has 0 radical (unpaired) electrons. The van der Waals surface area contributed by atoms with Crippen LogP contribution in [0.3, 0.4) is 0 Å². The molecule has 5 nitrogen and oxygen atoms in total. The molecule has 1 aliphatic heterocycles. The van der Waals surface area contributed by atoms with Crippen molar-refractivity contribution in [3.05, 3.63) is 11.9 Å². The van der Waals surface area contributed by atoms with Crippen LogP contribution in [0.5, 0.6) is 0 Å². The van der Waals surface area contributed by atoms with E-state index in [4.69, 9.17) is 4.74 Å². The Labute approximate surface area is 107 Å². The van der Waals surface area contributed by atoms with Crippen molar-refractivity contribution in [1.82, 2.24) is 9.55 Å². The first-order valence-electron chi connectivity index (χ1n) is 6.79. The minimum absolute atomic E-state index is 0.325. The van der Waals surface area contributed by atoms with E-state index in [1.807, 2.05) is 13.1 Å². The second-order valence-electron chi connectivity index (χ2n) is 5.07. The van der Waals surface area contributed by atoms with Crippen molar-refractivity contribution in [2.45, 2.75) is 38.6 Å². The van der Waals surface area contributed by atoms with Crippen LogP contribution in [0.1, 0.15) is 49.1 Å². The number of hydrogen-bond acceptors (Lipinski definition) is 4. The summed E-state index contributed by atoms with van der Waals surface area (Å²) >= 11 is 0. The average molecular weight is 249 g/mol. The number of ether oxygens (including phenoxy) is 1. The number of imidazole rings is 1. The van der Waals surface area contributed by atoms with Gasteiger partial charge in [-0.1, -0.05) is 12.8 Å². The highest BCUT2D eigenvalue weighted by Crippen LogP contribution is 2.38. The molecule has 2 aliphatic rings. The summed E-state index contributed by atoms with van der Waals surface area (Å²) in [6.45, 7) is 3.17. The molecule has 2 unspecified atom stereocenters. The van der Waals surface area contributed by atoms with Crippen molar-refractivity contribution in [2.24, 2.45) is 5.92 Å². The maximum Gasteiger partial charge on any atom is 0.358 e. The summed E-state index contributed by atoms with van der Waals surface area (Å²) in [5.74, 6) is 1.17. The highest BCUT2D eigenvalue weighted by atomic mass is 16.5. The second-order valence-corrected chi connectivity index (χ2v) is 5.07. The number of aromatic nitrogens is 2. The summed E-state index contributed by atoms with van der Waals surface area (Å²) in [6.07, 6.45) is 6.90. The van der Waals surface area contributed by atoms with Gasteiger partial charge in [0.1, 0.15) is 0 Å². The molecule has 98 valence electrons. The van der Waals surface area contributed by atoms with Gasteiger partial charge in [0.25, 0.3) is 0 Å². The van der Waals surface area contributed by atoms with Crippen LogP contribution in [0.2, 0.25) is 0 Å². The molecule has 1 aromatic heterocycles. The summed E-state index contributed by atoms with van der Waals surface area (Å²) in [7, 11) is 0. The fourth-order valence-corrected chi connectivity index (χ4v) is 3.10. The fourth-order valence-electron chi connectivity index (χ4n) is 3.10. The Bertz CT molecular complexity index is 455. The van der Waals surface area contributed by atoms with Gasteiger partial charge in [-0.15, -0.1) is 0 Å². The molecule has 5 heteroatoms. The van der Waals surface area contributed by atoms with Gasteiger partial charge in [-0.05, 0) is 25.7 Å². The van der Waals surface area contributed by atoms with Crippen LogP contribution in [-0.2, 0) is 4.74 Å². The molecule has 2 atom stereocenters. The van der Waals surface area contributed by atoms with Crippen LogP contribution in [0.25, 0.3) is 0 Å². The highest BCUT2D eigenvalue weighted by Gasteiger charge is 2.33. The number of nitrogens with zero attached hydrogens (tertiary/aromatic N) is 2. The van der Waals surface area contributed by atoms with E-state index >= 15 is 0 Å². The Morgan fingerprint density at radius 3 is 3.22 bits per heavy atom. The molecule has 2 heterocycles. The molecule has 1 saturated carbocycles. The molecule has 1 aromatic rings. The van der Waals surface area contributed by atoms with Crippen molar-refractivity contribution in [3.63, 3.8) is 0 Å². The van der Waals surface area contributed by atoms with E-state index in [1.54, 1.807) is 0 Å². The topological polar surface area (TPSA) is 56.2 Å². The van der Waals surface area contributed by atoms with E-state index in [9.17, 15) is 4.79 Å². The number of carbonyl (C=O) groups is 1. The van der Waals surface area contributed by atoms with Gasteiger partial charge in [0.05, 0.1) is 6.61 Å². The number of rotatable bonds is 2. The van der Waals surface area contributed by atoms with Crippen molar-refractivity contribution >= 4 is 11.9 Å². The summed E-state index contributed by atoms with van der Waals surface area (Å²) < 4.78 is 7.14. The van der Waals surface area contributed by atoms with E-state index in [2.05, 4.69) is 14.9 Å². The molecule has 0 bridgehead atoms. The van der Waals surface area contributed by atoms with Gasteiger partial charge in [-0.3, -0.25) is 0 Å². The minimum atomic E-state index is -0.325. The van der Waals surface area contributed by atoms with E-state index in [-0.39, 0.29) is 5.97 Å². The number of nitrogens with one attached hydrogen (secondary N) is 1. The standard InChI is InChI=1S/C13H19N3O2/c1-2-18-12(17)10-8-16-11-6-4-3-5-9(11)7-14-13(16)15-10/h8-9,11H,2-7H2,1H3,(H,14,15). The summed E-state index contributed by atoms with van der Waals surface area (Å²) in [4.78, 5) is 16.0. The van der Waals surface area contributed by atoms with E-state index < -0.39 is 0 Å². The third kappa shape index (κ3) is 1.87. The lowest BCUT2D eigenvalue weighted by molar-refractivity contribution is 0.0520. The Morgan fingerprint density at radius 2 is 2.39 bits per heavy atom. The highest BCUT2D eigenvalue weighted by molar-refractivity contribution is 5.87. The maximum atomic E-state index is 11.7. The van der Waals surface area contributed by atoms with Crippen molar-refractivity contribution in [1.29, 1.82) is 0 Å². The normalized spacial score (nSPS) is 25.8. The molecule has 0 aromatic carbocycles. The van der Waals surface area contributed by atoms with Gasteiger partial charge in [-0.2, -0.15) is 0 Å². The molecule has 1 fully saturated rings. The molecule has 1 N–H and O–H groups in total. The lowest BCUT2D eigenvalue weighted by Crippen LogP contribution is -2.34. The number of esters is 1. The molecule has 18 heavy (non-hydrogen) atoms. The van der Waals surface area contributed by atoms with E-state index in [0.717, 1.165) is 12.5 Å². The molecular weight excluding hydrogens is 230 g/mol. The average Bonchev–Trinajstić information content (AvgIpc) is 2.83. The SMILES string of the molecule is CCOC(=O)c1cn2c(n1)NCC1CCCCC12. The molecular formula is C13H19N3O2. The molecule has 0 saturated heterocycles. The molecule has 0 spiro atoms.